The second-order valence-corrected chi connectivity index (χ2v) is 9.30. The van der Waals surface area contributed by atoms with Gasteiger partial charge in [-0.15, -0.1) is 0 Å². The number of nitrogens with zero attached hydrogens (tertiary/aromatic N) is 5. The first-order valence-electron chi connectivity index (χ1n) is 12.4. The van der Waals surface area contributed by atoms with Gasteiger partial charge in [-0.2, -0.15) is 0 Å². The predicted octanol–water partition coefficient (Wildman–Crippen LogP) is 2.97. The van der Waals surface area contributed by atoms with Crippen molar-refractivity contribution in [3.63, 3.8) is 0 Å². The van der Waals surface area contributed by atoms with Crippen LogP contribution in [0.15, 0.2) is 48.9 Å². The maximum Gasteiger partial charge on any atom is 0.267 e. The number of hydrogen-bond acceptors (Lipinski definition) is 9. The number of fused-ring (bicyclic) bond motifs is 1. The molecule has 0 saturated carbocycles. The molecule has 2 aromatic heterocycles. The molecule has 0 bridgehead atoms. The van der Waals surface area contributed by atoms with E-state index >= 15 is 0 Å². The molecule has 5 rings (SSSR count). The predicted molar refractivity (Wildman–Crippen MR) is 146 cm³/mol. The quantitative estimate of drug-likeness (QED) is 0.367. The maximum absolute atomic E-state index is 12.3. The normalized spacial score (nSPS) is 16.6. The van der Waals surface area contributed by atoms with Crippen LogP contribution in [-0.4, -0.2) is 69.3 Å². The molecule has 0 radical (unpaired) electrons. The van der Waals surface area contributed by atoms with E-state index < -0.39 is 5.60 Å². The fourth-order valence-electron chi connectivity index (χ4n) is 4.38. The Labute approximate surface area is 226 Å². The number of likely N-dealkylation sites (tertiary alicyclic amines) is 1. The molecule has 0 aliphatic carbocycles. The van der Waals surface area contributed by atoms with Crippen LogP contribution in [-0.2, 0) is 11.3 Å². The molecule has 3 heterocycles. The Balaban J connectivity index is 1.45. The van der Waals surface area contributed by atoms with Gasteiger partial charge in [0.15, 0.2) is 11.6 Å². The fraction of sp³-hybridized carbons (Fsp3) is 0.276. The van der Waals surface area contributed by atoms with Gasteiger partial charge in [-0.25, -0.2) is 19.9 Å². The summed E-state index contributed by atoms with van der Waals surface area (Å²) in [5.74, 6) is 7.79. The van der Waals surface area contributed by atoms with Crippen molar-refractivity contribution in [3.8, 4) is 34.7 Å². The molecule has 39 heavy (non-hydrogen) atoms. The molecule has 198 valence electrons. The topological polar surface area (TPSA) is 123 Å². The molecule has 0 spiro atoms. The number of ether oxygens (including phenoxy) is 2. The van der Waals surface area contributed by atoms with E-state index in [4.69, 9.17) is 14.5 Å². The number of aliphatic hydroxyl groups is 1. The molecule has 2 N–H and O–H groups in total. The zero-order chi connectivity index (χ0) is 27.6. The van der Waals surface area contributed by atoms with Crippen molar-refractivity contribution in [2.45, 2.75) is 25.5 Å². The monoisotopic (exact) mass is 524 g/mol. The molecule has 1 atom stereocenters. The summed E-state index contributed by atoms with van der Waals surface area (Å²) in [6.07, 6.45) is 3.40. The molecule has 1 fully saturated rings. The second-order valence-electron chi connectivity index (χ2n) is 9.30. The van der Waals surface area contributed by atoms with Gasteiger partial charge in [0.2, 0.25) is 5.60 Å². The first-order chi connectivity index (χ1) is 18.8. The summed E-state index contributed by atoms with van der Waals surface area (Å²) in [6.45, 7) is 2.87. The minimum Gasteiger partial charge on any atom is -0.497 e. The molecule has 1 saturated heterocycles. The lowest BCUT2D eigenvalue weighted by Crippen LogP contribution is -2.37. The van der Waals surface area contributed by atoms with E-state index in [-0.39, 0.29) is 12.3 Å². The summed E-state index contributed by atoms with van der Waals surface area (Å²) in [7, 11) is 4.88. The summed E-state index contributed by atoms with van der Waals surface area (Å²) in [4.78, 5) is 31.8. The van der Waals surface area contributed by atoms with Gasteiger partial charge < -0.3 is 24.8 Å². The van der Waals surface area contributed by atoms with Crippen LogP contribution in [0.3, 0.4) is 0 Å². The van der Waals surface area contributed by atoms with Gasteiger partial charge in [-0.3, -0.25) is 4.79 Å². The Morgan fingerprint density at radius 3 is 2.72 bits per heavy atom. The van der Waals surface area contributed by atoms with Gasteiger partial charge in [-0.05, 0) is 36.8 Å². The Morgan fingerprint density at radius 1 is 1.13 bits per heavy atom. The Morgan fingerprint density at radius 2 is 1.97 bits per heavy atom. The number of hydrogen-bond donors (Lipinski definition) is 2. The van der Waals surface area contributed by atoms with Crippen molar-refractivity contribution in [2.75, 3.05) is 33.1 Å². The van der Waals surface area contributed by atoms with Crippen molar-refractivity contribution in [1.29, 1.82) is 0 Å². The first-order valence-corrected chi connectivity index (χ1v) is 12.4. The van der Waals surface area contributed by atoms with E-state index in [0.717, 1.165) is 16.7 Å². The lowest BCUT2D eigenvalue weighted by molar-refractivity contribution is -0.137. The van der Waals surface area contributed by atoms with Gasteiger partial charge in [0, 0.05) is 49.3 Å². The summed E-state index contributed by atoms with van der Waals surface area (Å²) in [5, 5.41) is 14.0. The van der Waals surface area contributed by atoms with E-state index in [2.05, 4.69) is 32.1 Å². The number of methoxy groups -OCH3 is 2. The standard InChI is InChI=1S/C29H28N6O4/c1-18-5-6-19(9-10-29(37)11-12-35(2)28(29)36)13-22(18)26-31-16-23-25(34-26)27(33-17-32-23)30-15-20-7-8-21(38-3)14-24(20)39-4/h5-8,13-14,16-17,37H,11-12,15H2,1-4H3,(H,30,32,33). The number of carbonyl (C=O) groups is 1. The molecular formula is C29H28N6O4. The minimum absolute atomic E-state index is 0.278. The van der Waals surface area contributed by atoms with Crippen molar-refractivity contribution in [1.82, 2.24) is 24.8 Å². The van der Waals surface area contributed by atoms with Crippen LogP contribution < -0.4 is 14.8 Å². The molecule has 2 aromatic carbocycles. The lowest BCUT2D eigenvalue weighted by Gasteiger charge is -2.13. The summed E-state index contributed by atoms with van der Waals surface area (Å²) in [5.41, 5.74) is 2.79. The number of aromatic nitrogens is 4. The number of rotatable bonds is 6. The van der Waals surface area contributed by atoms with Crippen LogP contribution in [0.2, 0.25) is 0 Å². The third-order valence-electron chi connectivity index (χ3n) is 6.72. The molecule has 1 aliphatic heterocycles. The largest absolute Gasteiger partial charge is 0.497 e. The SMILES string of the molecule is COc1ccc(CNc2ncnc3cnc(-c4cc(C#CC5(O)CCN(C)C5=O)ccc4C)nc23)c(OC)c1. The zero-order valence-electron chi connectivity index (χ0n) is 22.1. The Kier molecular flexibility index (Phi) is 7.00. The maximum atomic E-state index is 12.3. The smallest absolute Gasteiger partial charge is 0.267 e. The molecule has 1 aliphatic rings. The van der Waals surface area contributed by atoms with Crippen molar-refractivity contribution in [3.05, 3.63) is 65.6 Å². The van der Waals surface area contributed by atoms with Crippen LogP contribution in [0, 0.1) is 18.8 Å². The molecule has 10 heteroatoms. The average Bonchev–Trinajstić information content (AvgIpc) is 3.22. The van der Waals surface area contributed by atoms with Crippen LogP contribution >= 0.6 is 0 Å². The second kappa shape index (κ2) is 10.6. The number of benzene rings is 2. The van der Waals surface area contributed by atoms with Gasteiger partial charge in [0.05, 0.1) is 20.4 Å². The van der Waals surface area contributed by atoms with Gasteiger partial charge in [0.1, 0.15) is 28.9 Å². The van der Waals surface area contributed by atoms with Gasteiger partial charge in [0.25, 0.3) is 5.91 Å². The molecule has 10 nitrogen and oxygen atoms in total. The Bertz CT molecular complexity index is 1630. The van der Waals surface area contributed by atoms with Crippen LogP contribution in [0.25, 0.3) is 22.4 Å². The van der Waals surface area contributed by atoms with Crippen molar-refractivity contribution in [2.24, 2.45) is 0 Å². The van der Waals surface area contributed by atoms with Crippen LogP contribution in [0.1, 0.15) is 23.1 Å². The summed E-state index contributed by atoms with van der Waals surface area (Å²) in [6, 6.07) is 11.2. The van der Waals surface area contributed by atoms with Crippen molar-refractivity contribution >= 4 is 22.8 Å². The fourth-order valence-corrected chi connectivity index (χ4v) is 4.38. The number of carbonyl (C=O) groups excluding carboxylic acids is 1. The van der Waals surface area contributed by atoms with E-state index in [1.807, 2.05) is 43.3 Å². The van der Waals surface area contributed by atoms with Gasteiger partial charge in [-0.1, -0.05) is 17.9 Å². The highest BCUT2D eigenvalue weighted by atomic mass is 16.5. The van der Waals surface area contributed by atoms with E-state index in [0.29, 0.717) is 52.8 Å². The van der Waals surface area contributed by atoms with E-state index in [1.54, 1.807) is 27.5 Å². The number of likely N-dealkylation sites (N-methyl/N-ethyl adjacent to an activating group) is 1. The van der Waals surface area contributed by atoms with Crippen LogP contribution in [0.5, 0.6) is 11.5 Å². The molecule has 1 unspecified atom stereocenters. The number of amides is 1. The summed E-state index contributed by atoms with van der Waals surface area (Å²) >= 11 is 0. The summed E-state index contributed by atoms with van der Waals surface area (Å²) < 4.78 is 10.8. The number of anilines is 1. The number of nitrogens with one attached hydrogen (secondary N) is 1. The molecular weight excluding hydrogens is 496 g/mol. The molecule has 1 amide bonds. The minimum atomic E-state index is -1.66. The Hall–Kier alpha value is -4.75. The van der Waals surface area contributed by atoms with E-state index in [9.17, 15) is 9.90 Å². The average molecular weight is 525 g/mol. The van der Waals surface area contributed by atoms with Crippen molar-refractivity contribution < 1.29 is 19.4 Å². The third-order valence-corrected chi connectivity index (χ3v) is 6.72. The van der Waals surface area contributed by atoms with Crippen LogP contribution in [0.4, 0.5) is 5.82 Å². The highest BCUT2D eigenvalue weighted by molar-refractivity contribution is 5.90. The lowest BCUT2D eigenvalue weighted by atomic mass is 10.0. The highest BCUT2D eigenvalue weighted by Gasteiger charge is 2.42. The highest BCUT2D eigenvalue weighted by Crippen LogP contribution is 2.28. The third kappa shape index (κ3) is 5.17. The molecule has 4 aromatic rings. The number of aryl methyl sites for hydroxylation is 1. The van der Waals surface area contributed by atoms with E-state index in [1.165, 1.54) is 11.2 Å². The van der Waals surface area contributed by atoms with Gasteiger partial charge >= 0.3 is 0 Å². The zero-order valence-corrected chi connectivity index (χ0v) is 22.1. The first kappa shape index (κ1) is 25.9.